The van der Waals surface area contributed by atoms with Crippen molar-refractivity contribution in [1.29, 1.82) is 0 Å². The number of pyridine rings is 1. The molecule has 0 amide bonds. The standard InChI is InChI=1S/C12H17BrClN/c1-9(2)12(3,8-14)6-11-5-4-10(13)7-15-11/h4-5,7,9H,6,8H2,1-3H3. The van der Waals surface area contributed by atoms with Crippen molar-refractivity contribution >= 4 is 27.5 Å². The summed E-state index contributed by atoms with van der Waals surface area (Å²) in [6.07, 6.45) is 2.77. The molecule has 1 aromatic heterocycles. The van der Waals surface area contributed by atoms with E-state index in [0.29, 0.717) is 11.8 Å². The topological polar surface area (TPSA) is 12.9 Å². The molecule has 0 aliphatic heterocycles. The van der Waals surface area contributed by atoms with E-state index in [0.717, 1.165) is 16.6 Å². The summed E-state index contributed by atoms with van der Waals surface area (Å²) in [4.78, 5) is 4.39. The average Bonchev–Trinajstić information content (AvgIpc) is 2.21. The molecule has 1 heterocycles. The molecule has 0 fully saturated rings. The Hall–Kier alpha value is -0.0800. The molecule has 3 heteroatoms. The van der Waals surface area contributed by atoms with Gasteiger partial charge in [-0.15, -0.1) is 11.6 Å². The molecule has 0 saturated heterocycles. The Morgan fingerprint density at radius 2 is 2.13 bits per heavy atom. The molecule has 0 radical (unpaired) electrons. The number of aromatic nitrogens is 1. The van der Waals surface area contributed by atoms with Crippen LogP contribution in [0.25, 0.3) is 0 Å². The van der Waals surface area contributed by atoms with Gasteiger partial charge in [0, 0.05) is 22.2 Å². The largest absolute Gasteiger partial charge is 0.260 e. The van der Waals surface area contributed by atoms with Crippen molar-refractivity contribution in [2.75, 3.05) is 5.88 Å². The molecule has 1 nitrogen and oxygen atoms in total. The van der Waals surface area contributed by atoms with Crippen molar-refractivity contribution in [1.82, 2.24) is 4.98 Å². The van der Waals surface area contributed by atoms with Gasteiger partial charge in [0.2, 0.25) is 0 Å². The first-order valence-electron chi connectivity index (χ1n) is 5.14. The third-order valence-corrected chi connectivity index (χ3v) is 4.15. The van der Waals surface area contributed by atoms with Crippen molar-refractivity contribution in [3.05, 3.63) is 28.5 Å². The maximum absolute atomic E-state index is 6.05. The van der Waals surface area contributed by atoms with Gasteiger partial charge in [-0.05, 0) is 45.8 Å². The highest BCUT2D eigenvalue weighted by atomic mass is 79.9. The third kappa shape index (κ3) is 3.46. The molecule has 0 spiro atoms. The fourth-order valence-electron chi connectivity index (χ4n) is 1.33. The third-order valence-electron chi connectivity index (χ3n) is 3.07. The Morgan fingerprint density at radius 3 is 2.53 bits per heavy atom. The summed E-state index contributed by atoms with van der Waals surface area (Å²) in [5, 5.41) is 0. The normalized spacial score (nSPS) is 15.3. The van der Waals surface area contributed by atoms with E-state index in [2.05, 4.69) is 47.8 Å². The summed E-state index contributed by atoms with van der Waals surface area (Å²) < 4.78 is 1.02. The van der Waals surface area contributed by atoms with E-state index in [1.165, 1.54) is 0 Å². The van der Waals surface area contributed by atoms with Crippen LogP contribution < -0.4 is 0 Å². The molecule has 0 aromatic carbocycles. The first-order chi connectivity index (χ1) is 6.98. The Labute approximate surface area is 105 Å². The van der Waals surface area contributed by atoms with E-state index < -0.39 is 0 Å². The van der Waals surface area contributed by atoms with Crippen LogP contribution in [-0.2, 0) is 6.42 Å². The number of hydrogen-bond acceptors (Lipinski definition) is 1. The van der Waals surface area contributed by atoms with Crippen molar-refractivity contribution in [2.45, 2.75) is 27.2 Å². The lowest BCUT2D eigenvalue weighted by molar-refractivity contribution is 0.251. The highest BCUT2D eigenvalue weighted by Gasteiger charge is 2.28. The highest BCUT2D eigenvalue weighted by molar-refractivity contribution is 9.10. The molecule has 1 rings (SSSR count). The minimum atomic E-state index is 0.127. The summed E-state index contributed by atoms with van der Waals surface area (Å²) in [6, 6.07) is 4.08. The van der Waals surface area contributed by atoms with Gasteiger partial charge in [-0.25, -0.2) is 0 Å². The van der Waals surface area contributed by atoms with E-state index in [1.807, 2.05) is 12.3 Å². The van der Waals surface area contributed by atoms with Gasteiger partial charge < -0.3 is 0 Å². The van der Waals surface area contributed by atoms with Crippen molar-refractivity contribution in [3.63, 3.8) is 0 Å². The van der Waals surface area contributed by atoms with Crippen LogP contribution in [0.2, 0.25) is 0 Å². The summed E-state index contributed by atoms with van der Waals surface area (Å²) in [7, 11) is 0. The van der Waals surface area contributed by atoms with Gasteiger partial charge in [-0.3, -0.25) is 4.98 Å². The second-order valence-corrected chi connectivity index (χ2v) is 5.77. The lowest BCUT2D eigenvalue weighted by Gasteiger charge is -2.31. The zero-order valence-corrected chi connectivity index (χ0v) is 11.8. The second kappa shape index (κ2) is 5.31. The predicted molar refractivity (Wildman–Crippen MR) is 69.3 cm³/mol. The molecule has 0 aliphatic rings. The minimum Gasteiger partial charge on any atom is -0.260 e. The summed E-state index contributed by atoms with van der Waals surface area (Å²) in [6.45, 7) is 6.64. The minimum absolute atomic E-state index is 0.127. The molecule has 0 N–H and O–H groups in total. The first-order valence-corrected chi connectivity index (χ1v) is 6.47. The van der Waals surface area contributed by atoms with Gasteiger partial charge in [0.05, 0.1) is 0 Å². The predicted octanol–water partition coefficient (Wildman–Crippen LogP) is 4.29. The summed E-state index contributed by atoms with van der Waals surface area (Å²) in [5.41, 5.74) is 1.23. The van der Waals surface area contributed by atoms with Crippen LogP contribution in [0.5, 0.6) is 0 Å². The zero-order valence-electron chi connectivity index (χ0n) is 9.43. The van der Waals surface area contributed by atoms with E-state index >= 15 is 0 Å². The maximum atomic E-state index is 6.05. The van der Waals surface area contributed by atoms with Crippen LogP contribution in [0.15, 0.2) is 22.8 Å². The van der Waals surface area contributed by atoms with Gasteiger partial charge >= 0.3 is 0 Å². The molecule has 15 heavy (non-hydrogen) atoms. The molecule has 84 valence electrons. The monoisotopic (exact) mass is 289 g/mol. The number of halogens is 2. The highest BCUT2D eigenvalue weighted by Crippen LogP contribution is 2.32. The first kappa shape index (κ1) is 13.0. The molecule has 0 bridgehead atoms. The van der Waals surface area contributed by atoms with E-state index in [1.54, 1.807) is 0 Å². The van der Waals surface area contributed by atoms with Crippen LogP contribution in [0.3, 0.4) is 0 Å². The molecular weight excluding hydrogens is 273 g/mol. The summed E-state index contributed by atoms with van der Waals surface area (Å²) >= 11 is 9.43. The van der Waals surface area contributed by atoms with Crippen molar-refractivity contribution < 1.29 is 0 Å². The summed E-state index contributed by atoms with van der Waals surface area (Å²) in [5.74, 6) is 1.23. The molecule has 1 atom stereocenters. The Bertz CT molecular complexity index is 310. The quantitative estimate of drug-likeness (QED) is 0.754. The lowest BCUT2D eigenvalue weighted by Crippen LogP contribution is -2.28. The lowest BCUT2D eigenvalue weighted by atomic mass is 9.77. The van der Waals surface area contributed by atoms with Gasteiger partial charge in [0.15, 0.2) is 0 Å². The van der Waals surface area contributed by atoms with E-state index in [-0.39, 0.29) is 5.41 Å². The Morgan fingerprint density at radius 1 is 1.47 bits per heavy atom. The SMILES string of the molecule is CC(C)C(C)(CCl)Cc1ccc(Br)cn1. The fraction of sp³-hybridized carbons (Fsp3) is 0.583. The Kier molecular flexibility index (Phi) is 4.60. The van der Waals surface area contributed by atoms with Gasteiger partial charge in [0.25, 0.3) is 0 Å². The fourth-order valence-corrected chi connectivity index (χ4v) is 1.97. The van der Waals surface area contributed by atoms with Crippen molar-refractivity contribution in [3.8, 4) is 0 Å². The maximum Gasteiger partial charge on any atom is 0.0413 e. The van der Waals surface area contributed by atoms with Gasteiger partial charge in [-0.2, -0.15) is 0 Å². The molecule has 1 unspecified atom stereocenters. The van der Waals surface area contributed by atoms with Crippen LogP contribution in [-0.4, -0.2) is 10.9 Å². The zero-order chi connectivity index (χ0) is 11.5. The van der Waals surface area contributed by atoms with Crippen LogP contribution in [0, 0.1) is 11.3 Å². The van der Waals surface area contributed by atoms with Gasteiger partial charge in [-0.1, -0.05) is 20.8 Å². The molecule has 0 saturated carbocycles. The number of rotatable bonds is 4. The average molecular weight is 291 g/mol. The number of hydrogen-bond donors (Lipinski definition) is 0. The van der Waals surface area contributed by atoms with Gasteiger partial charge in [0.1, 0.15) is 0 Å². The molecular formula is C12H17BrClN. The molecule has 0 aliphatic carbocycles. The smallest absolute Gasteiger partial charge is 0.0413 e. The van der Waals surface area contributed by atoms with E-state index in [9.17, 15) is 0 Å². The number of nitrogens with zero attached hydrogens (tertiary/aromatic N) is 1. The second-order valence-electron chi connectivity index (χ2n) is 4.59. The molecule has 1 aromatic rings. The van der Waals surface area contributed by atoms with Crippen molar-refractivity contribution in [2.24, 2.45) is 11.3 Å². The van der Waals surface area contributed by atoms with Crippen LogP contribution in [0.1, 0.15) is 26.5 Å². The van der Waals surface area contributed by atoms with Crippen LogP contribution >= 0.6 is 27.5 Å². The number of alkyl halides is 1. The van der Waals surface area contributed by atoms with Crippen LogP contribution in [0.4, 0.5) is 0 Å². The Balaban J connectivity index is 2.79. The van der Waals surface area contributed by atoms with E-state index in [4.69, 9.17) is 11.6 Å².